The molecule has 0 saturated carbocycles. The molecular formula is C16H27NO2. The highest BCUT2D eigenvalue weighted by atomic mass is 16.4. The van der Waals surface area contributed by atoms with Crippen LogP contribution in [0, 0.1) is 6.92 Å². The number of likely N-dealkylation sites (tertiary alicyclic amines) is 1. The molecule has 1 heterocycles. The smallest absolute Gasteiger partial charge is 0.253 e. The molecule has 0 atom stereocenters. The summed E-state index contributed by atoms with van der Waals surface area (Å²) in [5.74, 6) is 0.186. The fourth-order valence-corrected chi connectivity index (χ4v) is 1.88. The lowest BCUT2D eigenvalue weighted by atomic mass is 10.1. The van der Waals surface area contributed by atoms with E-state index < -0.39 is 0 Å². The molecule has 3 nitrogen and oxygen atoms in total. The summed E-state index contributed by atoms with van der Waals surface area (Å²) in [6.45, 7) is 7.86. The number of benzene rings is 1. The zero-order valence-corrected chi connectivity index (χ0v) is 12.9. The maximum atomic E-state index is 11.9. The molecule has 1 aromatic carbocycles. The molecule has 1 fully saturated rings. The number of ether oxygens (including phenoxy) is 1. The maximum absolute atomic E-state index is 11.9. The molecule has 0 unspecified atom stereocenters. The van der Waals surface area contributed by atoms with Crippen molar-refractivity contribution in [2.75, 3.05) is 27.3 Å². The van der Waals surface area contributed by atoms with Crippen LogP contribution in [0.15, 0.2) is 24.3 Å². The van der Waals surface area contributed by atoms with Crippen LogP contribution in [0.5, 0.6) is 0 Å². The Hall–Kier alpha value is -1.35. The van der Waals surface area contributed by atoms with Gasteiger partial charge in [-0.05, 0) is 31.9 Å². The Morgan fingerprint density at radius 3 is 2.16 bits per heavy atom. The van der Waals surface area contributed by atoms with Gasteiger partial charge in [-0.25, -0.2) is 0 Å². The van der Waals surface area contributed by atoms with Crippen LogP contribution in [0.2, 0.25) is 0 Å². The highest BCUT2D eigenvalue weighted by Crippen LogP contribution is 2.13. The quantitative estimate of drug-likeness (QED) is 0.777. The molecule has 1 aliphatic heterocycles. The van der Waals surface area contributed by atoms with Crippen molar-refractivity contribution in [1.29, 1.82) is 0 Å². The lowest BCUT2D eigenvalue weighted by molar-refractivity contribution is 0.0792. The number of amides is 1. The van der Waals surface area contributed by atoms with E-state index in [1.165, 1.54) is 0 Å². The minimum Gasteiger partial charge on any atom is -0.388 e. The van der Waals surface area contributed by atoms with Crippen molar-refractivity contribution in [3.63, 3.8) is 0 Å². The van der Waals surface area contributed by atoms with Crippen LogP contribution in [0.25, 0.3) is 0 Å². The topological polar surface area (TPSA) is 29.5 Å². The molecule has 0 bridgehead atoms. The van der Waals surface area contributed by atoms with Crippen molar-refractivity contribution in [1.82, 2.24) is 4.90 Å². The van der Waals surface area contributed by atoms with Crippen LogP contribution < -0.4 is 0 Å². The van der Waals surface area contributed by atoms with E-state index in [4.69, 9.17) is 0 Å². The number of aryl methyl sites for hydroxylation is 1. The van der Waals surface area contributed by atoms with Crippen LogP contribution in [0.4, 0.5) is 0 Å². The molecule has 0 aliphatic carbocycles. The molecule has 108 valence electrons. The number of rotatable bonds is 1. The highest BCUT2D eigenvalue weighted by Gasteiger charge is 2.18. The van der Waals surface area contributed by atoms with E-state index in [-0.39, 0.29) is 5.91 Å². The van der Waals surface area contributed by atoms with E-state index in [1.807, 2.05) is 49.9 Å². The van der Waals surface area contributed by atoms with E-state index in [0.29, 0.717) is 0 Å². The van der Waals surface area contributed by atoms with Crippen LogP contribution in [-0.4, -0.2) is 38.1 Å². The molecule has 3 heteroatoms. The normalized spacial score (nSPS) is 13.0. The molecule has 0 N–H and O–H groups in total. The number of hydrogen-bond acceptors (Lipinski definition) is 2. The van der Waals surface area contributed by atoms with Gasteiger partial charge in [-0.1, -0.05) is 31.5 Å². The minimum absolute atomic E-state index is 0.186. The van der Waals surface area contributed by atoms with Gasteiger partial charge in [-0.2, -0.15) is 0 Å². The van der Waals surface area contributed by atoms with Crippen molar-refractivity contribution in [3.8, 4) is 0 Å². The molecule has 0 spiro atoms. The monoisotopic (exact) mass is 265 g/mol. The van der Waals surface area contributed by atoms with Gasteiger partial charge >= 0.3 is 0 Å². The summed E-state index contributed by atoms with van der Waals surface area (Å²) in [4.78, 5) is 13.9. The Balaban J connectivity index is 0.000000573. The zero-order chi connectivity index (χ0) is 14.7. The Bertz CT molecular complexity index is 358. The van der Waals surface area contributed by atoms with Crippen molar-refractivity contribution in [2.24, 2.45) is 0 Å². The Morgan fingerprint density at radius 1 is 1.16 bits per heavy atom. The van der Waals surface area contributed by atoms with Crippen molar-refractivity contribution in [2.45, 2.75) is 33.6 Å². The second-order valence-corrected chi connectivity index (χ2v) is 4.28. The summed E-state index contributed by atoms with van der Waals surface area (Å²) in [6, 6.07) is 7.81. The fourth-order valence-electron chi connectivity index (χ4n) is 1.88. The van der Waals surface area contributed by atoms with Gasteiger partial charge in [0.25, 0.3) is 5.91 Å². The van der Waals surface area contributed by atoms with E-state index in [1.54, 1.807) is 14.2 Å². The van der Waals surface area contributed by atoms with Crippen molar-refractivity contribution >= 4 is 5.91 Å². The van der Waals surface area contributed by atoms with E-state index >= 15 is 0 Å². The predicted octanol–water partition coefficient (Wildman–Crippen LogP) is 3.52. The van der Waals surface area contributed by atoms with Gasteiger partial charge in [-0.3, -0.25) is 4.79 Å². The van der Waals surface area contributed by atoms with Crippen LogP contribution >= 0.6 is 0 Å². The number of carbonyl (C=O) groups is 1. The largest absolute Gasteiger partial charge is 0.388 e. The first-order valence-corrected chi connectivity index (χ1v) is 6.95. The van der Waals surface area contributed by atoms with E-state index in [9.17, 15) is 4.79 Å². The summed E-state index contributed by atoms with van der Waals surface area (Å²) >= 11 is 0. The molecular weight excluding hydrogens is 238 g/mol. The number of nitrogens with zero attached hydrogens (tertiary/aromatic N) is 1. The molecule has 19 heavy (non-hydrogen) atoms. The third-order valence-corrected chi connectivity index (χ3v) is 2.66. The standard InChI is InChI=1S/C12H15NO.C2H6O.C2H6/c1-10-5-4-6-11(9-10)12(14)13-7-2-3-8-13;1-3-2;1-2/h4-6,9H,2-3,7-8H2,1H3;1-2H3;1-2H3. The van der Waals surface area contributed by atoms with Crippen molar-refractivity contribution in [3.05, 3.63) is 35.4 Å². The van der Waals surface area contributed by atoms with Gasteiger partial charge < -0.3 is 9.64 Å². The predicted molar refractivity (Wildman–Crippen MR) is 80.6 cm³/mol. The van der Waals surface area contributed by atoms with Crippen LogP contribution in [0.3, 0.4) is 0 Å². The number of carbonyl (C=O) groups excluding carboxylic acids is 1. The van der Waals surface area contributed by atoms with Crippen LogP contribution in [0.1, 0.15) is 42.6 Å². The van der Waals surface area contributed by atoms with E-state index in [0.717, 1.165) is 37.1 Å². The lowest BCUT2D eigenvalue weighted by Crippen LogP contribution is -2.27. The van der Waals surface area contributed by atoms with Crippen molar-refractivity contribution < 1.29 is 9.53 Å². The zero-order valence-electron chi connectivity index (χ0n) is 12.9. The molecule has 1 amide bonds. The lowest BCUT2D eigenvalue weighted by Gasteiger charge is -2.15. The number of hydrogen-bond donors (Lipinski definition) is 0. The Labute approximate surface area is 117 Å². The Morgan fingerprint density at radius 2 is 1.68 bits per heavy atom. The fraction of sp³-hybridized carbons (Fsp3) is 0.562. The molecule has 1 aromatic rings. The second-order valence-electron chi connectivity index (χ2n) is 4.28. The second kappa shape index (κ2) is 10.6. The molecule has 0 aromatic heterocycles. The Kier molecular flexibility index (Phi) is 9.81. The molecule has 2 rings (SSSR count). The average Bonchev–Trinajstić information content (AvgIpc) is 2.95. The van der Waals surface area contributed by atoms with Gasteiger partial charge in [0.1, 0.15) is 0 Å². The highest BCUT2D eigenvalue weighted by molar-refractivity contribution is 5.94. The SMILES string of the molecule is CC.COC.Cc1cccc(C(=O)N2CCCC2)c1. The first-order chi connectivity index (χ1) is 9.19. The summed E-state index contributed by atoms with van der Waals surface area (Å²) in [5.41, 5.74) is 1.97. The average molecular weight is 265 g/mol. The summed E-state index contributed by atoms with van der Waals surface area (Å²) in [7, 11) is 3.25. The molecule has 1 aliphatic rings. The third kappa shape index (κ3) is 6.39. The maximum Gasteiger partial charge on any atom is 0.253 e. The van der Waals surface area contributed by atoms with Gasteiger partial charge in [-0.15, -0.1) is 0 Å². The van der Waals surface area contributed by atoms with Gasteiger partial charge in [0, 0.05) is 32.9 Å². The van der Waals surface area contributed by atoms with E-state index in [2.05, 4.69) is 4.74 Å². The van der Waals surface area contributed by atoms with Crippen LogP contribution in [-0.2, 0) is 4.74 Å². The minimum atomic E-state index is 0.186. The number of methoxy groups -OCH3 is 1. The third-order valence-electron chi connectivity index (χ3n) is 2.66. The molecule has 0 radical (unpaired) electrons. The molecule has 1 saturated heterocycles. The summed E-state index contributed by atoms with van der Waals surface area (Å²) < 4.78 is 4.25. The first kappa shape index (κ1) is 17.6. The van der Waals surface area contributed by atoms with Gasteiger partial charge in [0.2, 0.25) is 0 Å². The summed E-state index contributed by atoms with van der Waals surface area (Å²) in [6.07, 6.45) is 2.30. The van der Waals surface area contributed by atoms with Gasteiger partial charge in [0.15, 0.2) is 0 Å². The summed E-state index contributed by atoms with van der Waals surface area (Å²) in [5, 5.41) is 0. The van der Waals surface area contributed by atoms with Gasteiger partial charge in [0.05, 0.1) is 0 Å². The first-order valence-electron chi connectivity index (χ1n) is 6.95.